The molecule has 0 saturated carbocycles. The van der Waals surface area contributed by atoms with Gasteiger partial charge in [0.1, 0.15) is 0 Å². The predicted octanol–water partition coefficient (Wildman–Crippen LogP) is 3.95. The summed E-state index contributed by atoms with van der Waals surface area (Å²) in [6.45, 7) is 7.06. The molecule has 1 aromatic carbocycles. The molecule has 3 nitrogen and oxygen atoms in total. The largest absolute Gasteiger partial charge is 0.369 e. The molecule has 18 heavy (non-hydrogen) atoms. The molecular weight excluding hydrogens is 290 g/mol. The lowest BCUT2D eigenvalue weighted by atomic mass is 10.0. The average molecular weight is 306 g/mol. The van der Waals surface area contributed by atoms with E-state index in [2.05, 4.69) is 58.3 Å². The van der Waals surface area contributed by atoms with E-state index in [0.717, 1.165) is 33.7 Å². The van der Waals surface area contributed by atoms with Crippen molar-refractivity contribution in [2.45, 2.75) is 20.8 Å². The molecule has 0 aliphatic rings. The minimum Gasteiger partial charge on any atom is -0.369 e. The van der Waals surface area contributed by atoms with Crippen LogP contribution in [0.15, 0.2) is 28.7 Å². The van der Waals surface area contributed by atoms with E-state index in [1.807, 2.05) is 18.2 Å². The molecule has 1 heterocycles. The van der Waals surface area contributed by atoms with Gasteiger partial charge in [0.25, 0.3) is 0 Å². The SMILES string of the molecule is CCNc1nnc(-c2cccc(Br)c2)c(C)c1C. The van der Waals surface area contributed by atoms with Gasteiger partial charge in [-0.05, 0) is 44.0 Å². The van der Waals surface area contributed by atoms with Crippen LogP contribution >= 0.6 is 15.9 Å². The number of hydrogen-bond donors (Lipinski definition) is 1. The maximum Gasteiger partial charge on any atom is 0.151 e. The summed E-state index contributed by atoms with van der Waals surface area (Å²) in [6, 6.07) is 8.12. The van der Waals surface area contributed by atoms with E-state index in [0.29, 0.717) is 0 Å². The summed E-state index contributed by atoms with van der Waals surface area (Å²) >= 11 is 3.48. The van der Waals surface area contributed by atoms with Crippen LogP contribution in [0.5, 0.6) is 0 Å². The Hall–Kier alpha value is -1.42. The fourth-order valence-corrected chi connectivity index (χ4v) is 2.25. The third kappa shape index (κ3) is 2.53. The van der Waals surface area contributed by atoms with Gasteiger partial charge < -0.3 is 5.32 Å². The van der Waals surface area contributed by atoms with Gasteiger partial charge in [-0.1, -0.05) is 28.1 Å². The first-order chi connectivity index (χ1) is 8.63. The molecule has 0 fully saturated rings. The Morgan fingerprint density at radius 3 is 2.61 bits per heavy atom. The van der Waals surface area contributed by atoms with E-state index in [1.54, 1.807) is 0 Å². The molecule has 0 radical (unpaired) electrons. The highest BCUT2D eigenvalue weighted by Crippen LogP contribution is 2.27. The zero-order valence-corrected chi connectivity index (χ0v) is 12.4. The fraction of sp³-hybridized carbons (Fsp3) is 0.286. The Morgan fingerprint density at radius 2 is 1.94 bits per heavy atom. The zero-order chi connectivity index (χ0) is 13.1. The molecule has 0 spiro atoms. The van der Waals surface area contributed by atoms with Gasteiger partial charge in [0.05, 0.1) is 5.69 Å². The predicted molar refractivity (Wildman–Crippen MR) is 78.8 cm³/mol. The van der Waals surface area contributed by atoms with Gasteiger partial charge in [0, 0.05) is 16.6 Å². The van der Waals surface area contributed by atoms with Crippen LogP contribution in [0.3, 0.4) is 0 Å². The first-order valence-electron chi connectivity index (χ1n) is 5.97. The van der Waals surface area contributed by atoms with Crippen molar-refractivity contribution < 1.29 is 0 Å². The number of rotatable bonds is 3. The Morgan fingerprint density at radius 1 is 1.17 bits per heavy atom. The van der Waals surface area contributed by atoms with E-state index in [-0.39, 0.29) is 0 Å². The number of anilines is 1. The maximum atomic E-state index is 4.34. The maximum absolute atomic E-state index is 4.34. The van der Waals surface area contributed by atoms with Gasteiger partial charge >= 0.3 is 0 Å². The molecule has 0 atom stereocenters. The van der Waals surface area contributed by atoms with Crippen LogP contribution in [0.4, 0.5) is 5.82 Å². The Balaban J connectivity index is 2.50. The normalized spacial score (nSPS) is 10.4. The highest BCUT2D eigenvalue weighted by molar-refractivity contribution is 9.10. The number of nitrogens with zero attached hydrogens (tertiary/aromatic N) is 2. The van der Waals surface area contributed by atoms with Crippen LogP contribution in [0.2, 0.25) is 0 Å². The summed E-state index contributed by atoms with van der Waals surface area (Å²) in [6.07, 6.45) is 0. The number of nitrogens with one attached hydrogen (secondary N) is 1. The lowest BCUT2D eigenvalue weighted by molar-refractivity contribution is 0.987. The van der Waals surface area contributed by atoms with Crippen molar-refractivity contribution in [2.75, 3.05) is 11.9 Å². The fourth-order valence-electron chi connectivity index (χ4n) is 1.85. The topological polar surface area (TPSA) is 37.8 Å². The van der Waals surface area contributed by atoms with Crippen LogP contribution in [-0.2, 0) is 0 Å². The Kier molecular flexibility index (Phi) is 3.97. The van der Waals surface area contributed by atoms with Crippen molar-refractivity contribution in [3.05, 3.63) is 39.9 Å². The van der Waals surface area contributed by atoms with Crippen molar-refractivity contribution in [3.63, 3.8) is 0 Å². The number of hydrogen-bond acceptors (Lipinski definition) is 3. The van der Waals surface area contributed by atoms with Crippen molar-refractivity contribution in [2.24, 2.45) is 0 Å². The summed E-state index contributed by atoms with van der Waals surface area (Å²) in [5.41, 5.74) is 4.34. The zero-order valence-electron chi connectivity index (χ0n) is 10.8. The lowest BCUT2D eigenvalue weighted by Crippen LogP contribution is -2.06. The van der Waals surface area contributed by atoms with E-state index < -0.39 is 0 Å². The molecule has 0 unspecified atom stereocenters. The molecule has 0 aliphatic carbocycles. The van der Waals surface area contributed by atoms with Gasteiger partial charge in [-0.25, -0.2) is 0 Å². The molecule has 4 heteroatoms. The molecular formula is C14H16BrN3. The molecule has 2 aromatic rings. The van der Waals surface area contributed by atoms with Crippen LogP contribution in [-0.4, -0.2) is 16.7 Å². The van der Waals surface area contributed by atoms with Gasteiger partial charge in [-0.15, -0.1) is 10.2 Å². The number of halogens is 1. The summed E-state index contributed by atoms with van der Waals surface area (Å²) < 4.78 is 1.05. The van der Waals surface area contributed by atoms with E-state index in [4.69, 9.17) is 0 Å². The van der Waals surface area contributed by atoms with Gasteiger partial charge in [0.2, 0.25) is 0 Å². The lowest BCUT2D eigenvalue weighted by Gasteiger charge is -2.12. The second kappa shape index (κ2) is 5.48. The molecule has 0 saturated heterocycles. The third-order valence-corrected chi connectivity index (χ3v) is 3.46. The minimum atomic E-state index is 0.852. The molecule has 0 bridgehead atoms. The van der Waals surface area contributed by atoms with Crippen molar-refractivity contribution in [1.82, 2.24) is 10.2 Å². The van der Waals surface area contributed by atoms with Gasteiger partial charge in [-0.2, -0.15) is 0 Å². The molecule has 0 aliphatic heterocycles. The molecule has 1 aromatic heterocycles. The van der Waals surface area contributed by atoms with Crippen LogP contribution < -0.4 is 5.32 Å². The van der Waals surface area contributed by atoms with Crippen molar-refractivity contribution in [3.8, 4) is 11.3 Å². The van der Waals surface area contributed by atoms with E-state index in [9.17, 15) is 0 Å². The van der Waals surface area contributed by atoms with Crippen molar-refractivity contribution in [1.29, 1.82) is 0 Å². The Bertz CT molecular complexity index is 567. The van der Waals surface area contributed by atoms with Gasteiger partial charge in [0.15, 0.2) is 5.82 Å². The summed E-state index contributed by atoms with van der Waals surface area (Å²) in [7, 11) is 0. The molecule has 1 N–H and O–H groups in total. The van der Waals surface area contributed by atoms with E-state index in [1.165, 1.54) is 5.56 Å². The van der Waals surface area contributed by atoms with Crippen LogP contribution in [0.1, 0.15) is 18.1 Å². The van der Waals surface area contributed by atoms with Crippen molar-refractivity contribution >= 4 is 21.7 Å². The first kappa shape index (κ1) is 13.0. The Labute approximate surface area is 116 Å². The highest BCUT2D eigenvalue weighted by Gasteiger charge is 2.10. The highest BCUT2D eigenvalue weighted by atomic mass is 79.9. The molecule has 2 rings (SSSR count). The third-order valence-electron chi connectivity index (χ3n) is 2.97. The second-order valence-electron chi connectivity index (χ2n) is 4.19. The van der Waals surface area contributed by atoms with Crippen LogP contribution in [0, 0.1) is 13.8 Å². The number of benzene rings is 1. The summed E-state index contributed by atoms with van der Waals surface area (Å²) in [5.74, 6) is 0.869. The standard InChI is InChI=1S/C14H16BrN3/c1-4-16-14-10(3)9(2)13(17-18-14)11-6-5-7-12(15)8-11/h5-8H,4H2,1-3H3,(H,16,18). The second-order valence-corrected chi connectivity index (χ2v) is 5.10. The van der Waals surface area contributed by atoms with Gasteiger partial charge in [-0.3, -0.25) is 0 Å². The minimum absolute atomic E-state index is 0.852. The quantitative estimate of drug-likeness (QED) is 0.933. The van der Waals surface area contributed by atoms with Crippen LogP contribution in [0.25, 0.3) is 11.3 Å². The number of aromatic nitrogens is 2. The van der Waals surface area contributed by atoms with E-state index >= 15 is 0 Å². The monoisotopic (exact) mass is 305 g/mol. The summed E-state index contributed by atoms with van der Waals surface area (Å²) in [4.78, 5) is 0. The smallest absolute Gasteiger partial charge is 0.151 e. The molecule has 0 amide bonds. The summed E-state index contributed by atoms with van der Waals surface area (Å²) in [5, 5.41) is 11.8. The average Bonchev–Trinajstić information content (AvgIpc) is 2.35. The first-order valence-corrected chi connectivity index (χ1v) is 6.76. The molecule has 94 valence electrons.